The molecular weight excluding hydrogens is 212 g/mol. The third-order valence-electron chi connectivity index (χ3n) is 3.03. The van der Waals surface area contributed by atoms with Gasteiger partial charge >= 0.3 is 0 Å². The van der Waals surface area contributed by atoms with Crippen molar-refractivity contribution in [1.82, 2.24) is 5.32 Å². The van der Waals surface area contributed by atoms with Crippen LogP contribution in [0.3, 0.4) is 0 Å². The normalized spacial score (nSPS) is 24.6. The fraction of sp³-hybridized carbons (Fsp3) is 0.417. The van der Waals surface area contributed by atoms with Gasteiger partial charge in [-0.25, -0.2) is 8.78 Å². The van der Waals surface area contributed by atoms with E-state index in [9.17, 15) is 13.6 Å². The van der Waals surface area contributed by atoms with Gasteiger partial charge in [-0.05, 0) is 30.2 Å². The molecule has 2 rings (SSSR count). The van der Waals surface area contributed by atoms with Gasteiger partial charge in [0.15, 0.2) is 0 Å². The van der Waals surface area contributed by atoms with Crippen LogP contribution < -0.4 is 5.32 Å². The molecule has 86 valence electrons. The Bertz CT molecular complexity index is 419. The molecule has 0 spiro atoms. The maximum Gasteiger partial charge on any atom is 0.220 e. The number of halogens is 2. The zero-order chi connectivity index (χ0) is 11.7. The van der Waals surface area contributed by atoms with Crippen molar-refractivity contribution < 1.29 is 13.6 Å². The average molecular weight is 225 g/mol. The Morgan fingerprint density at radius 1 is 1.44 bits per heavy atom. The number of rotatable bonds is 2. The predicted molar refractivity (Wildman–Crippen MR) is 55.9 cm³/mol. The molecule has 2 nitrogen and oxygen atoms in total. The first-order chi connectivity index (χ1) is 7.61. The highest BCUT2D eigenvalue weighted by Crippen LogP contribution is 2.32. The Labute approximate surface area is 92.7 Å². The highest BCUT2D eigenvalue weighted by Gasteiger charge is 2.33. The lowest BCUT2D eigenvalue weighted by molar-refractivity contribution is -0.119. The topological polar surface area (TPSA) is 29.1 Å². The summed E-state index contributed by atoms with van der Waals surface area (Å²) in [7, 11) is 0. The van der Waals surface area contributed by atoms with E-state index in [0.29, 0.717) is 12.0 Å². The van der Waals surface area contributed by atoms with E-state index in [1.165, 1.54) is 6.07 Å². The van der Waals surface area contributed by atoms with Crippen molar-refractivity contribution in [3.8, 4) is 0 Å². The van der Waals surface area contributed by atoms with E-state index < -0.39 is 11.6 Å². The summed E-state index contributed by atoms with van der Waals surface area (Å²) in [6.07, 6.45) is 0.950. The number of carbonyl (C=O) groups is 1. The minimum absolute atomic E-state index is 0.0937. The molecule has 2 atom stereocenters. The Morgan fingerprint density at radius 2 is 2.19 bits per heavy atom. The standard InChI is InChI=1S/C12H13F2NO/c1-2-11-9(6-12(16)15-11)8-5-7(13)3-4-10(8)14/h3-5,9,11H,2,6H2,1H3,(H,15,16). The quantitative estimate of drug-likeness (QED) is 0.822. The second-order valence-corrected chi connectivity index (χ2v) is 4.06. The van der Waals surface area contributed by atoms with Gasteiger partial charge in [0.25, 0.3) is 0 Å². The van der Waals surface area contributed by atoms with Crippen LogP contribution in [0, 0.1) is 11.6 Å². The molecule has 1 aromatic rings. The molecule has 1 aliphatic heterocycles. The SMILES string of the molecule is CCC1NC(=O)CC1c1cc(F)ccc1F. The van der Waals surface area contributed by atoms with Gasteiger partial charge in [0.2, 0.25) is 5.91 Å². The molecule has 1 N–H and O–H groups in total. The largest absolute Gasteiger partial charge is 0.353 e. The van der Waals surface area contributed by atoms with E-state index in [1.54, 1.807) is 0 Å². The van der Waals surface area contributed by atoms with Crippen molar-refractivity contribution in [2.45, 2.75) is 31.7 Å². The van der Waals surface area contributed by atoms with Gasteiger partial charge in [-0.2, -0.15) is 0 Å². The van der Waals surface area contributed by atoms with Crippen molar-refractivity contribution in [3.63, 3.8) is 0 Å². The Kier molecular flexibility index (Phi) is 2.90. The number of hydrogen-bond donors (Lipinski definition) is 1. The minimum atomic E-state index is -0.467. The van der Waals surface area contributed by atoms with Crippen LogP contribution in [0.5, 0.6) is 0 Å². The smallest absolute Gasteiger partial charge is 0.220 e. The second-order valence-electron chi connectivity index (χ2n) is 4.06. The molecule has 0 aromatic heterocycles. The molecule has 1 amide bonds. The Hall–Kier alpha value is -1.45. The van der Waals surface area contributed by atoms with Gasteiger partial charge in [0.1, 0.15) is 11.6 Å². The van der Waals surface area contributed by atoms with Gasteiger partial charge in [-0.15, -0.1) is 0 Å². The summed E-state index contributed by atoms with van der Waals surface area (Å²) >= 11 is 0. The van der Waals surface area contributed by atoms with E-state index in [4.69, 9.17) is 0 Å². The van der Waals surface area contributed by atoms with Crippen LogP contribution in [-0.2, 0) is 4.79 Å². The van der Waals surface area contributed by atoms with Gasteiger partial charge in [-0.3, -0.25) is 4.79 Å². The third-order valence-corrected chi connectivity index (χ3v) is 3.03. The molecule has 2 unspecified atom stereocenters. The second kappa shape index (κ2) is 4.20. The number of benzene rings is 1. The predicted octanol–water partition coefficient (Wildman–Crippen LogP) is 2.35. The first-order valence-electron chi connectivity index (χ1n) is 5.36. The Morgan fingerprint density at radius 3 is 2.88 bits per heavy atom. The summed E-state index contributed by atoms with van der Waals surface area (Å²) < 4.78 is 26.6. The molecule has 4 heteroatoms. The molecule has 0 saturated carbocycles. The van der Waals surface area contributed by atoms with Crippen LogP contribution in [0.25, 0.3) is 0 Å². The molecule has 1 heterocycles. The monoisotopic (exact) mass is 225 g/mol. The van der Waals surface area contributed by atoms with Crippen molar-refractivity contribution in [1.29, 1.82) is 0 Å². The van der Waals surface area contributed by atoms with E-state index in [2.05, 4.69) is 5.32 Å². The summed E-state index contributed by atoms with van der Waals surface area (Å²) in [4.78, 5) is 11.3. The number of carbonyl (C=O) groups excluding carboxylic acids is 1. The lowest BCUT2D eigenvalue weighted by atomic mass is 9.90. The van der Waals surface area contributed by atoms with Gasteiger partial charge in [0, 0.05) is 18.4 Å². The van der Waals surface area contributed by atoms with Crippen LogP contribution >= 0.6 is 0 Å². The maximum atomic E-state index is 13.6. The first-order valence-corrected chi connectivity index (χ1v) is 5.36. The van der Waals surface area contributed by atoms with Crippen LogP contribution in [0.2, 0.25) is 0 Å². The summed E-state index contributed by atoms with van der Waals surface area (Å²) in [5, 5.41) is 2.77. The molecule has 1 saturated heterocycles. The highest BCUT2D eigenvalue weighted by molar-refractivity contribution is 5.80. The van der Waals surface area contributed by atoms with Gasteiger partial charge < -0.3 is 5.32 Å². The molecule has 1 aromatic carbocycles. The third kappa shape index (κ3) is 1.92. The number of nitrogens with one attached hydrogen (secondary N) is 1. The zero-order valence-corrected chi connectivity index (χ0v) is 8.97. The lowest BCUT2D eigenvalue weighted by Gasteiger charge is -2.17. The summed E-state index contributed by atoms with van der Waals surface area (Å²) in [5.41, 5.74) is 0.296. The summed E-state index contributed by atoms with van der Waals surface area (Å²) in [6.45, 7) is 1.92. The van der Waals surface area contributed by atoms with Crippen LogP contribution in [0.15, 0.2) is 18.2 Å². The van der Waals surface area contributed by atoms with Crippen LogP contribution in [-0.4, -0.2) is 11.9 Å². The fourth-order valence-corrected chi connectivity index (χ4v) is 2.22. The molecule has 0 radical (unpaired) electrons. The number of hydrogen-bond acceptors (Lipinski definition) is 1. The van der Waals surface area contributed by atoms with E-state index in [1.807, 2.05) is 6.92 Å². The zero-order valence-electron chi connectivity index (χ0n) is 8.97. The van der Waals surface area contributed by atoms with Gasteiger partial charge in [-0.1, -0.05) is 6.92 Å². The first kappa shape index (κ1) is 11.0. The lowest BCUT2D eigenvalue weighted by Crippen LogP contribution is -2.27. The van der Waals surface area contributed by atoms with Crippen LogP contribution in [0.4, 0.5) is 8.78 Å². The number of amides is 1. The molecule has 1 aliphatic rings. The van der Waals surface area contributed by atoms with Crippen LogP contribution in [0.1, 0.15) is 31.2 Å². The van der Waals surface area contributed by atoms with E-state index in [0.717, 1.165) is 12.1 Å². The molecule has 16 heavy (non-hydrogen) atoms. The molecule has 1 fully saturated rings. The van der Waals surface area contributed by atoms with E-state index >= 15 is 0 Å². The maximum absolute atomic E-state index is 13.6. The average Bonchev–Trinajstić information content (AvgIpc) is 2.63. The fourth-order valence-electron chi connectivity index (χ4n) is 2.22. The van der Waals surface area contributed by atoms with Crippen molar-refractivity contribution in [2.24, 2.45) is 0 Å². The molecule has 0 bridgehead atoms. The van der Waals surface area contributed by atoms with Gasteiger partial charge in [0.05, 0.1) is 0 Å². The summed E-state index contributed by atoms with van der Waals surface area (Å²) in [5.74, 6) is -1.26. The molecular formula is C12H13F2NO. The van der Waals surface area contributed by atoms with Crippen molar-refractivity contribution in [2.75, 3.05) is 0 Å². The van der Waals surface area contributed by atoms with Crippen molar-refractivity contribution >= 4 is 5.91 Å². The summed E-state index contributed by atoms with van der Waals surface area (Å²) in [6, 6.07) is 3.29. The van der Waals surface area contributed by atoms with Crippen molar-refractivity contribution in [3.05, 3.63) is 35.4 Å². The molecule has 0 aliphatic carbocycles. The Balaban J connectivity index is 2.35. The highest BCUT2D eigenvalue weighted by atomic mass is 19.1. The van der Waals surface area contributed by atoms with E-state index in [-0.39, 0.29) is 24.3 Å². The minimum Gasteiger partial charge on any atom is -0.353 e.